The topological polar surface area (TPSA) is 54.0 Å². The molecule has 106 valence electrons. The number of nitrogens with zero attached hydrogens (tertiary/aromatic N) is 1. The summed E-state index contributed by atoms with van der Waals surface area (Å²) in [6.45, 7) is -1.25. The summed E-state index contributed by atoms with van der Waals surface area (Å²) in [4.78, 5) is 15.4. The normalized spacial score (nSPS) is 11.3. The predicted molar refractivity (Wildman–Crippen MR) is 68.0 cm³/mol. The van der Waals surface area contributed by atoms with Gasteiger partial charge in [0, 0.05) is 18.1 Å². The molecule has 0 bridgehead atoms. The lowest BCUT2D eigenvalue weighted by Gasteiger charge is -2.10. The molecule has 0 atom stereocenters. The molecule has 0 aliphatic carbocycles. The Morgan fingerprint density at radius 3 is 2.65 bits per heavy atom. The lowest BCUT2D eigenvalue weighted by molar-refractivity contribution is -0.122. The fourth-order valence-electron chi connectivity index (χ4n) is 1.73. The number of fused-ring (bicyclic) bond motifs is 1. The molecule has 2 N–H and O–H groups in total. The van der Waals surface area contributed by atoms with Crippen molar-refractivity contribution in [2.45, 2.75) is 12.7 Å². The molecule has 1 aromatic heterocycles. The first kappa shape index (κ1) is 14.1. The van der Waals surface area contributed by atoms with E-state index in [1.165, 1.54) is 0 Å². The second kappa shape index (κ2) is 5.77. The Balaban J connectivity index is 1.98. The highest BCUT2D eigenvalue weighted by Crippen LogP contribution is 2.15. The number of alkyl halides is 3. The Morgan fingerprint density at radius 2 is 1.90 bits per heavy atom. The number of rotatable bonds is 3. The standard InChI is InChI=1S/C13H12F3N3O/c14-13(15,16)8-19-12(20)18-7-10-4-1-3-9-5-2-6-17-11(9)10/h1-6H,7-8H2,(H2,18,19,20). The van der Waals surface area contributed by atoms with Gasteiger partial charge in [-0.2, -0.15) is 13.2 Å². The van der Waals surface area contributed by atoms with Gasteiger partial charge in [-0.25, -0.2) is 4.79 Å². The zero-order chi connectivity index (χ0) is 14.6. The van der Waals surface area contributed by atoms with Crippen LogP contribution in [0.3, 0.4) is 0 Å². The van der Waals surface area contributed by atoms with Crippen molar-refractivity contribution >= 4 is 16.9 Å². The minimum atomic E-state index is -4.42. The monoisotopic (exact) mass is 283 g/mol. The maximum atomic E-state index is 11.9. The van der Waals surface area contributed by atoms with Crippen molar-refractivity contribution in [2.75, 3.05) is 6.54 Å². The number of nitrogens with one attached hydrogen (secondary N) is 2. The van der Waals surface area contributed by atoms with Gasteiger partial charge in [-0.3, -0.25) is 4.98 Å². The second-order valence-electron chi connectivity index (χ2n) is 4.14. The second-order valence-corrected chi connectivity index (χ2v) is 4.14. The van der Waals surface area contributed by atoms with Gasteiger partial charge >= 0.3 is 12.2 Å². The first-order valence-corrected chi connectivity index (χ1v) is 5.87. The van der Waals surface area contributed by atoms with Gasteiger partial charge in [-0.1, -0.05) is 24.3 Å². The number of urea groups is 1. The van der Waals surface area contributed by atoms with Crippen molar-refractivity contribution in [1.29, 1.82) is 0 Å². The van der Waals surface area contributed by atoms with Crippen molar-refractivity contribution in [3.8, 4) is 0 Å². The van der Waals surface area contributed by atoms with E-state index in [4.69, 9.17) is 0 Å². The van der Waals surface area contributed by atoms with E-state index in [2.05, 4.69) is 10.3 Å². The molecule has 20 heavy (non-hydrogen) atoms. The number of para-hydroxylation sites is 1. The number of halogens is 3. The molecule has 2 aromatic rings. The highest BCUT2D eigenvalue weighted by atomic mass is 19.4. The molecule has 0 fully saturated rings. The summed E-state index contributed by atoms with van der Waals surface area (Å²) < 4.78 is 35.8. The summed E-state index contributed by atoms with van der Waals surface area (Å²) in [5.74, 6) is 0. The molecule has 0 saturated carbocycles. The number of benzene rings is 1. The van der Waals surface area contributed by atoms with E-state index in [0.717, 1.165) is 10.9 Å². The van der Waals surface area contributed by atoms with E-state index in [-0.39, 0.29) is 6.54 Å². The molecule has 0 saturated heterocycles. The number of carbonyl (C=O) groups excluding carboxylic acids is 1. The third kappa shape index (κ3) is 3.84. The average Bonchev–Trinajstić information content (AvgIpc) is 2.42. The van der Waals surface area contributed by atoms with E-state index in [9.17, 15) is 18.0 Å². The number of hydrogen-bond donors (Lipinski definition) is 2. The largest absolute Gasteiger partial charge is 0.405 e. The maximum absolute atomic E-state index is 11.9. The number of pyridine rings is 1. The lowest BCUT2D eigenvalue weighted by atomic mass is 10.1. The van der Waals surface area contributed by atoms with Crippen LogP contribution < -0.4 is 10.6 Å². The van der Waals surface area contributed by atoms with Crippen LogP contribution in [-0.4, -0.2) is 23.7 Å². The van der Waals surface area contributed by atoms with Crippen LogP contribution in [0.4, 0.5) is 18.0 Å². The summed E-state index contributed by atoms with van der Waals surface area (Å²) in [6.07, 6.45) is -2.80. The Kier molecular flexibility index (Phi) is 4.07. The fourth-order valence-corrected chi connectivity index (χ4v) is 1.73. The van der Waals surface area contributed by atoms with Crippen LogP contribution >= 0.6 is 0 Å². The summed E-state index contributed by atoms with van der Waals surface area (Å²) in [6, 6.07) is 8.23. The SMILES string of the molecule is O=C(NCc1cccc2cccnc12)NCC(F)(F)F. The maximum Gasteiger partial charge on any atom is 0.405 e. The minimum Gasteiger partial charge on any atom is -0.334 e. The third-order valence-corrected chi connectivity index (χ3v) is 2.61. The third-order valence-electron chi connectivity index (χ3n) is 2.61. The predicted octanol–water partition coefficient (Wildman–Crippen LogP) is 2.60. The zero-order valence-electron chi connectivity index (χ0n) is 10.4. The van der Waals surface area contributed by atoms with Gasteiger partial charge in [0.2, 0.25) is 0 Å². The Morgan fingerprint density at radius 1 is 1.15 bits per heavy atom. The van der Waals surface area contributed by atoms with Crippen LogP contribution in [0, 0.1) is 0 Å². The highest BCUT2D eigenvalue weighted by molar-refractivity contribution is 5.82. The van der Waals surface area contributed by atoms with Gasteiger partial charge in [0.25, 0.3) is 0 Å². The van der Waals surface area contributed by atoms with Gasteiger partial charge in [0.1, 0.15) is 6.54 Å². The molecule has 2 rings (SSSR count). The van der Waals surface area contributed by atoms with Gasteiger partial charge < -0.3 is 10.6 Å². The molecule has 0 spiro atoms. The van der Waals surface area contributed by atoms with E-state index >= 15 is 0 Å². The molecule has 2 amide bonds. The van der Waals surface area contributed by atoms with Crippen molar-refractivity contribution < 1.29 is 18.0 Å². The lowest BCUT2D eigenvalue weighted by Crippen LogP contribution is -2.40. The summed E-state index contributed by atoms with van der Waals surface area (Å²) in [7, 11) is 0. The van der Waals surface area contributed by atoms with Crippen LogP contribution in [-0.2, 0) is 6.54 Å². The number of aromatic nitrogens is 1. The molecule has 0 unspecified atom stereocenters. The average molecular weight is 283 g/mol. The molecule has 0 radical (unpaired) electrons. The van der Waals surface area contributed by atoms with Crippen LogP contribution in [0.2, 0.25) is 0 Å². The Bertz CT molecular complexity index is 608. The summed E-state index contributed by atoms with van der Waals surface area (Å²) >= 11 is 0. The van der Waals surface area contributed by atoms with E-state index in [1.54, 1.807) is 29.7 Å². The molecule has 1 aromatic carbocycles. The Hall–Kier alpha value is -2.31. The quantitative estimate of drug-likeness (QED) is 0.909. The van der Waals surface area contributed by atoms with Crippen molar-refractivity contribution in [1.82, 2.24) is 15.6 Å². The van der Waals surface area contributed by atoms with Crippen LogP contribution in [0.25, 0.3) is 10.9 Å². The number of amides is 2. The highest BCUT2D eigenvalue weighted by Gasteiger charge is 2.27. The van der Waals surface area contributed by atoms with Crippen molar-refractivity contribution in [3.05, 3.63) is 42.1 Å². The molecule has 7 heteroatoms. The molecular weight excluding hydrogens is 271 g/mol. The van der Waals surface area contributed by atoms with Crippen LogP contribution in [0.1, 0.15) is 5.56 Å². The fraction of sp³-hybridized carbons (Fsp3) is 0.231. The molecule has 4 nitrogen and oxygen atoms in total. The van der Waals surface area contributed by atoms with Gasteiger partial charge in [-0.15, -0.1) is 0 Å². The van der Waals surface area contributed by atoms with Gasteiger partial charge in [0.15, 0.2) is 0 Å². The first-order valence-electron chi connectivity index (χ1n) is 5.87. The van der Waals surface area contributed by atoms with Crippen LogP contribution in [0.5, 0.6) is 0 Å². The zero-order valence-corrected chi connectivity index (χ0v) is 10.4. The summed E-state index contributed by atoms with van der Waals surface area (Å²) in [5.41, 5.74) is 1.45. The number of carbonyl (C=O) groups is 1. The minimum absolute atomic E-state index is 0.109. The number of hydrogen-bond acceptors (Lipinski definition) is 2. The van der Waals surface area contributed by atoms with Gasteiger partial charge in [0.05, 0.1) is 5.52 Å². The molecule has 0 aliphatic rings. The van der Waals surface area contributed by atoms with E-state index in [1.807, 2.05) is 12.1 Å². The molecule has 1 heterocycles. The van der Waals surface area contributed by atoms with E-state index in [0.29, 0.717) is 5.52 Å². The molecule has 0 aliphatic heterocycles. The smallest absolute Gasteiger partial charge is 0.334 e. The van der Waals surface area contributed by atoms with Crippen LogP contribution in [0.15, 0.2) is 36.5 Å². The van der Waals surface area contributed by atoms with Crippen molar-refractivity contribution in [2.24, 2.45) is 0 Å². The molecular formula is C13H12F3N3O. The van der Waals surface area contributed by atoms with Gasteiger partial charge in [-0.05, 0) is 11.6 Å². The van der Waals surface area contributed by atoms with Crippen molar-refractivity contribution in [3.63, 3.8) is 0 Å². The Labute approximate surface area is 113 Å². The van der Waals surface area contributed by atoms with E-state index < -0.39 is 18.8 Å². The first-order chi connectivity index (χ1) is 9.46. The summed E-state index contributed by atoms with van der Waals surface area (Å²) in [5, 5.41) is 5.02.